The van der Waals surface area contributed by atoms with E-state index in [1.807, 2.05) is 4.90 Å². The zero-order valence-electron chi connectivity index (χ0n) is 12.1. The maximum Gasteiger partial charge on any atom is 0.224 e. The van der Waals surface area contributed by atoms with E-state index in [0.29, 0.717) is 19.0 Å². The van der Waals surface area contributed by atoms with Gasteiger partial charge >= 0.3 is 0 Å². The summed E-state index contributed by atoms with van der Waals surface area (Å²) < 4.78 is 24.9. The molecule has 6 nitrogen and oxygen atoms in total. The Labute approximate surface area is 121 Å². The number of rotatable bonds is 7. The molecule has 2 rings (SSSR count). The lowest BCUT2D eigenvalue weighted by molar-refractivity contribution is -0.134. The summed E-state index contributed by atoms with van der Waals surface area (Å²) in [7, 11) is -3.19. The van der Waals surface area contributed by atoms with Crippen LogP contribution in [0.2, 0.25) is 0 Å². The standard InChI is InChI=1S/C13H25N3O3S/c1-20(18,19)15-10-12-4-2-3-9-16(12)13(17)7-8-14-11-5-6-11/h11-12,14-15H,2-10H2,1H3. The third-order valence-electron chi connectivity index (χ3n) is 3.88. The van der Waals surface area contributed by atoms with Gasteiger partial charge < -0.3 is 10.2 Å². The number of carbonyl (C=O) groups is 1. The minimum atomic E-state index is -3.19. The van der Waals surface area contributed by atoms with Gasteiger partial charge in [0.15, 0.2) is 0 Å². The van der Waals surface area contributed by atoms with E-state index < -0.39 is 10.0 Å². The van der Waals surface area contributed by atoms with E-state index in [4.69, 9.17) is 0 Å². The predicted octanol–water partition coefficient (Wildman–Crippen LogP) is 0.0588. The Morgan fingerprint density at radius 3 is 2.65 bits per heavy atom. The maximum absolute atomic E-state index is 12.2. The Bertz CT molecular complexity index is 434. The van der Waals surface area contributed by atoms with Gasteiger partial charge in [0, 0.05) is 38.1 Å². The van der Waals surface area contributed by atoms with Crippen LogP contribution < -0.4 is 10.0 Å². The molecule has 1 heterocycles. The van der Waals surface area contributed by atoms with Crippen molar-refractivity contribution in [3.8, 4) is 0 Å². The smallest absolute Gasteiger partial charge is 0.224 e. The molecule has 1 saturated carbocycles. The van der Waals surface area contributed by atoms with Gasteiger partial charge in [0.1, 0.15) is 0 Å². The van der Waals surface area contributed by atoms with Crippen molar-refractivity contribution in [3.63, 3.8) is 0 Å². The van der Waals surface area contributed by atoms with E-state index in [9.17, 15) is 13.2 Å². The fraction of sp³-hybridized carbons (Fsp3) is 0.923. The Morgan fingerprint density at radius 1 is 1.25 bits per heavy atom. The molecule has 2 aliphatic rings. The summed E-state index contributed by atoms with van der Waals surface area (Å²) in [6, 6.07) is 0.624. The number of nitrogens with one attached hydrogen (secondary N) is 2. The molecule has 0 aromatic carbocycles. The highest BCUT2D eigenvalue weighted by Crippen LogP contribution is 2.19. The summed E-state index contributed by atoms with van der Waals surface area (Å²) in [6.07, 6.45) is 7.05. The molecular formula is C13H25N3O3S. The highest BCUT2D eigenvalue weighted by molar-refractivity contribution is 7.88. The number of hydrogen-bond acceptors (Lipinski definition) is 4. The molecule has 0 aromatic heterocycles. The zero-order chi connectivity index (χ0) is 14.6. The third-order valence-corrected chi connectivity index (χ3v) is 4.57. The van der Waals surface area contributed by atoms with Crippen LogP contribution >= 0.6 is 0 Å². The number of likely N-dealkylation sites (tertiary alicyclic amines) is 1. The SMILES string of the molecule is CS(=O)(=O)NCC1CCCCN1C(=O)CCNC1CC1. The summed E-state index contributed by atoms with van der Waals surface area (Å²) in [6.45, 7) is 1.81. The van der Waals surface area contributed by atoms with Crippen LogP contribution in [0.3, 0.4) is 0 Å². The van der Waals surface area contributed by atoms with Crippen molar-refractivity contribution in [2.75, 3.05) is 25.9 Å². The third kappa shape index (κ3) is 5.38. The van der Waals surface area contributed by atoms with Crippen molar-refractivity contribution in [2.45, 2.75) is 50.6 Å². The second-order valence-corrected chi connectivity index (χ2v) is 7.67. The van der Waals surface area contributed by atoms with Gasteiger partial charge in [0.2, 0.25) is 15.9 Å². The van der Waals surface area contributed by atoms with Crippen LogP contribution in [0.25, 0.3) is 0 Å². The quantitative estimate of drug-likeness (QED) is 0.697. The van der Waals surface area contributed by atoms with Crippen molar-refractivity contribution in [1.29, 1.82) is 0 Å². The van der Waals surface area contributed by atoms with Crippen LogP contribution in [-0.2, 0) is 14.8 Å². The molecule has 1 atom stereocenters. The van der Waals surface area contributed by atoms with Crippen molar-refractivity contribution in [2.24, 2.45) is 0 Å². The minimum Gasteiger partial charge on any atom is -0.338 e. The average Bonchev–Trinajstić information content (AvgIpc) is 3.20. The fourth-order valence-electron chi connectivity index (χ4n) is 2.60. The first kappa shape index (κ1) is 15.7. The van der Waals surface area contributed by atoms with E-state index in [1.54, 1.807) is 0 Å². The normalized spacial score (nSPS) is 23.9. The van der Waals surface area contributed by atoms with E-state index in [0.717, 1.165) is 38.6 Å². The molecule has 116 valence electrons. The Hall–Kier alpha value is -0.660. The molecule has 2 N–H and O–H groups in total. The Balaban J connectivity index is 1.79. The topological polar surface area (TPSA) is 78.5 Å². The molecule has 1 aliphatic carbocycles. The molecule has 20 heavy (non-hydrogen) atoms. The highest BCUT2D eigenvalue weighted by Gasteiger charge is 2.27. The molecule has 1 unspecified atom stereocenters. The number of carbonyl (C=O) groups excluding carboxylic acids is 1. The average molecular weight is 303 g/mol. The first-order valence-corrected chi connectivity index (χ1v) is 9.32. The van der Waals surface area contributed by atoms with Gasteiger partial charge in [0.05, 0.1) is 6.26 Å². The van der Waals surface area contributed by atoms with Crippen LogP contribution in [-0.4, -0.2) is 57.2 Å². The minimum absolute atomic E-state index is 0.00639. The van der Waals surface area contributed by atoms with E-state index in [2.05, 4.69) is 10.0 Å². The van der Waals surface area contributed by atoms with Gasteiger partial charge in [-0.1, -0.05) is 0 Å². The number of hydrogen-bond donors (Lipinski definition) is 2. The second kappa shape index (κ2) is 6.87. The van der Waals surface area contributed by atoms with Crippen LogP contribution in [0, 0.1) is 0 Å². The van der Waals surface area contributed by atoms with Crippen molar-refractivity contribution in [1.82, 2.24) is 14.9 Å². The summed E-state index contributed by atoms with van der Waals surface area (Å²) in [4.78, 5) is 14.1. The Kier molecular flexibility index (Phi) is 5.40. The van der Waals surface area contributed by atoms with Crippen LogP contribution in [0.5, 0.6) is 0 Å². The number of amides is 1. The molecule has 1 saturated heterocycles. The first-order chi connectivity index (χ1) is 9.46. The number of sulfonamides is 1. The summed E-state index contributed by atoms with van der Waals surface area (Å²) in [5.74, 6) is 0.137. The predicted molar refractivity (Wildman–Crippen MR) is 77.8 cm³/mol. The maximum atomic E-state index is 12.2. The van der Waals surface area contributed by atoms with Gasteiger partial charge in [-0.2, -0.15) is 0 Å². The number of nitrogens with zero attached hydrogens (tertiary/aromatic N) is 1. The molecule has 0 bridgehead atoms. The van der Waals surface area contributed by atoms with Crippen molar-refractivity contribution >= 4 is 15.9 Å². The van der Waals surface area contributed by atoms with Crippen LogP contribution in [0.15, 0.2) is 0 Å². The lowest BCUT2D eigenvalue weighted by Gasteiger charge is -2.36. The fourth-order valence-corrected chi connectivity index (χ4v) is 3.10. The molecule has 7 heteroatoms. The second-order valence-electron chi connectivity index (χ2n) is 5.84. The van der Waals surface area contributed by atoms with Gasteiger partial charge in [-0.25, -0.2) is 13.1 Å². The lowest BCUT2D eigenvalue weighted by Crippen LogP contribution is -2.49. The van der Waals surface area contributed by atoms with Gasteiger partial charge in [-0.05, 0) is 32.1 Å². The summed E-state index contributed by atoms with van der Waals surface area (Å²) in [5, 5.41) is 3.34. The van der Waals surface area contributed by atoms with Crippen molar-refractivity contribution in [3.05, 3.63) is 0 Å². The molecule has 0 aromatic rings. The molecule has 1 aliphatic heterocycles. The van der Waals surface area contributed by atoms with Gasteiger partial charge in [-0.15, -0.1) is 0 Å². The van der Waals surface area contributed by atoms with E-state index in [1.165, 1.54) is 12.8 Å². The Morgan fingerprint density at radius 2 is 2.00 bits per heavy atom. The van der Waals surface area contributed by atoms with Gasteiger partial charge in [-0.3, -0.25) is 4.79 Å². The molecule has 2 fully saturated rings. The monoisotopic (exact) mass is 303 g/mol. The molecule has 1 amide bonds. The molecule has 0 radical (unpaired) electrons. The van der Waals surface area contributed by atoms with Crippen molar-refractivity contribution < 1.29 is 13.2 Å². The van der Waals surface area contributed by atoms with Crippen LogP contribution in [0.4, 0.5) is 0 Å². The zero-order valence-corrected chi connectivity index (χ0v) is 12.9. The highest BCUT2D eigenvalue weighted by atomic mass is 32.2. The van der Waals surface area contributed by atoms with Gasteiger partial charge in [0.25, 0.3) is 0 Å². The molecular weight excluding hydrogens is 278 g/mol. The molecule has 0 spiro atoms. The van der Waals surface area contributed by atoms with E-state index >= 15 is 0 Å². The lowest BCUT2D eigenvalue weighted by atomic mass is 10.0. The summed E-state index contributed by atoms with van der Waals surface area (Å²) in [5.41, 5.74) is 0. The van der Waals surface area contributed by atoms with Crippen LogP contribution in [0.1, 0.15) is 38.5 Å². The summed E-state index contributed by atoms with van der Waals surface area (Å²) >= 11 is 0. The first-order valence-electron chi connectivity index (χ1n) is 7.43. The largest absolute Gasteiger partial charge is 0.338 e. The van der Waals surface area contributed by atoms with E-state index in [-0.39, 0.29) is 11.9 Å². The number of piperidine rings is 1.